The van der Waals surface area contributed by atoms with Gasteiger partial charge in [0.25, 0.3) is 0 Å². The number of rotatable bonds is 1. The molecule has 82 valence electrons. The monoisotopic (exact) mass is 280 g/mol. The minimum atomic E-state index is 0.283. The van der Waals surface area contributed by atoms with Gasteiger partial charge in [0.15, 0.2) is 5.65 Å². The zero-order chi connectivity index (χ0) is 11.9. The van der Waals surface area contributed by atoms with Crippen LogP contribution in [-0.2, 0) is 0 Å². The summed E-state index contributed by atoms with van der Waals surface area (Å²) in [5.41, 5.74) is 7.53. The number of nitrogen functional groups attached to an aromatic ring is 1. The topological polar surface area (TPSA) is 92.0 Å². The van der Waals surface area contributed by atoms with Gasteiger partial charge in [-0.15, -0.1) is 0 Å². The summed E-state index contributed by atoms with van der Waals surface area (Å²) < 4.78 is 2.24. The largest absolute Gasteiger partial charge is 0.382 e. The highest BCUT2D eigenvalue weighted by Gasteiger charge is 2.16. The Morgan fingerprint density at radius 1 is 1.56 bits per heavy atom. The van der Waals surface area contributed by atoms with Crippen molar-refractivity contribution in [2.45, 2.75) is 6.92 Å². The van der Waals surface area contributed by atoms with Gasteiger partial charge in [-0.1, -0.05) is 0 Å². The Kier molecular flexibility index (Phi) is 2.44. The molecule has 0 aliphatic carbocycles. The fourth-order valence-corrected chi connectivity index (χ4v) is 1.78. The van der Waals surface area contributed by atoms with Crippen LogP contribution in [0.5, 0.6) is 0 Å². The highest BCUT2D eigenvalue weighted by atomic mass is 79.9. The van der Waals surface area contributed by atoms with Crippen LogP contribution in [0.1, 0.15) is 11.3 Å². The van der Waals surface area contributed by atoms with Crippen molar-refractivity contribution >= 4 is 33.2 Å². The van der Waals surface area contributed by atoms with Crippen LogP contribution in [0.4, 0.5) is 11.6 Å². The Morgan fingerprint density at radius 3 is 2.81 bits per heavy atom. The molecule has 0 unspecified atom stereocenters. The van der Waals surface area contributed by atoms with E-state index in [2.05, 4.69) is 31.3 Å². The maximum Gasteiger partial charge on any atom is 0.174 e. The molecule has 0 atom stereocenters. The Hall–Kier alpha value is -1.81. The molecule has 6 nitrogen and oxygen atoms in total. The summed E-state index contributed by atoms with van der Waals surface area (Å²) in [5, 5.41) is 16.0. The summed E-state index contributed by atoms with van der Waals surface area (Å²) in [5.74, 6) is 0.735. The van der Waals surface area contributed by atoms with Crippen molar-refractivity contribution in [3.63, 3.8) is 0 Å². The first-order valence-electron chi connectivity index (χ1n) is 4.52. The molecule has 0 aliphatic heterocycles. The molecule has 2 aromatic rings. The van der Waals surface area contributed by atoms with Gasteiger partial charge in [-0.05, 0) is 22.9 Å². The zero-order valence-electron chi connectivity index (χ0n) is 8.74. The van der Waals surface area contributed by atoms with E-state index in [0.29, 0.717) is 17.0 Å². The predicted molar refractivity (Wildman–Crippen MR) is 64.1 cm³/mol. The second-order valence-corrected chi connectivity index (χ2v) is 4.01. The number of nitrogens with zero attached hydrogens (tertiary/aromatic N) is 4. The van der Waals surface area contributed by atoms with Crippen LogP contribution >= 0.6 is 15.9 Å². The molecule has 0 amide bonds. The number of fused-ring (bicyclic) bond motifs is 1. The second kappa shape index (κ2) is 3.64. The lowest BCUT2D eigenvalue weighted by atomic mass is 10.3. The average molecular weight is 281 g/mol. The average Bonchev–Trinajstić information content (AvgIpc) is 2.56. The first kappa shape index (κ1) is 10.7. The van der Waals surface area contributed by atoms with E-state index in [1.165, 1.54) is 4.52 Å². The van der Waals surface area contributed by atoms with Gasteiger partial charge in [-0.3, -0.25) is 0 Å². The number of nitriles is 1. The Labute approximate surface area is 100 Å². The molecule has 16 heavy (non-hydrogen) atoms. The van der Waals surface area contributed by atoms with Crippen molar-refractivity contribution < 1.29 is 0 Å². The van der Waals surface area contributed by atoms with Crippen molar-refractivity contribution in [3.8, 4) is 6.07 Å². The molecule has 0 saturated carbocycles. The molecule has 0 radical (unpaired) electrons. The van der Waals surface area contributed by atoms with Crippen LogP contribution in [0.2, 0.25) is 0 Å². The van der Waals surface area contributed by atoms with Crippen molar-refractivity contribution in [1.29, 1.82) is 5.26 Å². The highest BCUT2D eigenvalue weighted by molar-refractivity contribution is 9.10. The summed E-state index contributed by atoms with van der Waals surface area (Å²) in [6.07, 6.45) is 0. The van der Waals surface area contributed by atoms with Crippen molar-refractivity contribution in [2.75, 3.05) is 18.1 Å². The summed E-state index contributed by atoms with van der Waals surface area (Å²) >= 11 is 3.38. The van der Waals surface area contributed by atoms with Crippen molar-refractivity contribution in [2.24, 2.45) is 0 Å². The molecule has 2 heterocycles. The lowest BCUT2D eigenvalue weighted by Crippen LogP contribution is -2.07. The molecule has 0 saturated heterocycles. The molecule has 7 heteroatoms. The number of nitrogens with two attached hydrogens (primary N) is 1. The normalized spacial score (nSPS) is 10.4. The first-order valence-corrected chi connectivity index (χ1v) is 5.31. The van der Waals surface area contributed by atoms with Gasteiger partial charge in [0.1, 0.15) is 23.3 Å². The number of aromatic nitrogens is 3. The smallest absolute Gasteiger partial charge is 0.174 e. The van der Waals surface area contributed by atoms with Gasteiger partial charge in [-0.25, -0.2) is 4.98 Å². The van der Waals surface area contributed by atoms with Crippen LogP contribution in [0.25, 0.3) is 5.65 Å². The van der Waals surface area contributed by atoms with Gasteiger partial charge >= 0.3 is 0 Å². The molecular formula is C9H9BrN6. The van der Waals surface area contributed by atoms with E-state index in [0.717, 1.165) is 10.2 Å². The molecule has 0 bridgehead atoms. The fourth-order valence-electron chi connectivity index (χ4n) is 1.44. The fraction of sp³-hybridized carbons (Fsp3) is 0.222. The molecule has 2 aromatic heterocycles. The van der Waals surface area contributed by atoms with E-state index in [1.807, 2.05) is 13.0 Å². The van der Waals surface area contributed by atoms with E-state index < -0.39 is 0 Å². The van der Waals surface area contributed by atoms with Gasteiger partial charge in [-0.2, -0.15) is 14.9 Å². The maximum atomic E-state index is 9.00. The molecule has 0 aromatic carbocycles. The van der Waals surface area contributed by atoms with Gasteiger partial charge in [0.05, 0.1) is 10.2 Å². The molecule has 0 spiro atoms. The Morgan fingerprint density at radius 2 is 2.25 bits per heavy atom. The van der Waals surface area contributed by atoms with E-state index in [9.17, 15) is 0 Å². The summed E-state index contributed by atoms with van der Waals surface area (Å²) in [7, 11) is 1.69. The molecule has 0 aliphatic rings. The van der Waals surface area contributed by atoms with E-state index in [-0.39, 0.29) is 5.82 Å². The van der Waals surface area contributed by atoms with Crippen molar-refractivity contribution in [3.05, 3.63) is 15.7 Å². The van der Waals surface area contributed by atoms with Crippen LogP contribution in [0, 0.1) is 18.3 Å². The highest BCUT2D eigenvalue weighted by Crippen LogP contribution is 2.27. The van der Waals surface area contributed by atoms with Gasteiger partial charge < -0.3 is 11.1 Å². The number of hydrogen-bond donors (Lipinski definition) is 2. The minimum absolute atomic E-state index is 0.283. The summed E-state index contributed by atoms with van der Waals surface area (Å²) in [6.45, 7) is 1.84. The third-order valence-electron chi connectivity index (χ3n) is 2.25. The van der Waals surface area contributed by atoms with Crippen LogP contribution in [0.3, 0.4) is 0 Å². The third-order valence-corrected chi connectivity index (χ3v) is 3.18. The Bertz CT molecular complexity index is 609. The number of aryl methyl sites for hydroxylation is 1. The molecule has 2 rings (SSSR count). The van der Waals surface area contributed by atoms with Crippen LogP contribution in [-0.4, -0.2) is 21.6 Å². The van der Waals surface area contributed by atoms with Crippen molar-refractivity contribution in [1.82, 2.24) is 14.6 Å². The summed E-state index contributed by atoms with van der Waals surface area (Å²) in [6, 6.07) is 2.01. The standard InChI is InChI=1S/C9H9BrN6/c1-4-6(10)9-14-8(13-2)5(3-11)7(12)16(9)15-4/h12H2,1-2H3,(H,13,14). The second-order valence-electron chi connectivity index (χ2n) is 3.22. The minimum Gasteiger partial charge on any atom is -0.382 e. The quantitative estimate of drug-likeness (QED) is 0.821. The lowest BCUT2D eigenvalue weighted by molar-refractivity contribution is 0.926. The van der Waals surface area contributed by atoms with Gasteiger partial charge in [0.2, 0.25) is 0 Å². The molecule has 0 fully saturated rings. The first-order chi connectivity index (χ1) is 7.60. The Balaban J connectivity index is 2.94. The van der Waals surface area contributed by atoms with Crippen LogP contribution in [0.15, 0.2) is 4.47 Å². The number of anilines is 2. The van der Waals surface area contributed by atoms with E-state index >= 15 is 0 Å². The maximum absolute atomic E-state index is 9.00. The third kappa shape index (κ3) is 1.31. The van der Waals surface area contributed by atoms with Gasteiger partial charge in [0, 0.05) is 7.05 Å². The predicted octanol–water partition coefficient (Wildman–Crippen LogP) is 1.30. The number of halogens is 1. The SMILES string of the molecule is CNc1nc2c(Br)c(C)nn2c(N)c1C#N. The lowest BCUT2D eigenvalue weighted by Gasteiger charge is -2.06. The van der Waals surface area contributed by atoms with E-state index in [4.69, 9.17) is 11.0 Å². The van der Waals surface area contributed by atoms with E-state index in [1.54, 1.807) is 7.05 Å². The molecular weight excluding hydrogens is 272 g/mol. The zero-order valence-corrected chi connectivity index (χ0v) is 10.3. The van der Waals surface area contributed by atoms with Crippen LogP contribution < -0.4 is 11.1 Å². The number of nitrogens with one attached hydrogen (secondary N) is 1. The molecule has 3 N–H and O–H groups in total. The number of hydrogen-bond acceptors (Lipinski definition) is 5. The summed E-state index contributed by atoms with van der Waals surface area (Å²) in [4.78, 5) is 4.29.